The molecule has 1 aromatic heterocycles. The van der Waals surface area contributed by atoms with E-state index in [1.807, 2.05) is 29.3 Å². The number of benzene rings is 2. The lowest BCUT2D eigenvalue weighted by Gasteiger charge is -2.32. The maximum Gasteiger partial charge on any atom is 0.132 e. The molecule has 3 aromatic rings. The van der Waals surface area contributed by atoms with Crippen molar-refractivity contribution in [1.82, 2.24) is 9.88 Å². The number of hydrogen-bond acceptors (Lipinski definition) is 3. The van der Waals surface area contributed by atoms with Gasteiger partial charge >= 0.3 is 0 Å². The third-order valence-electron chi connectivity index (χ3n) is 5.12. The zero-order valence-electron chi connectivity index (χ0n) is 14.1. The zero-order chi connectivity index (χ0) is 17.7. The number of aromatic nitrogens is 1. The Kier molecular flexibility index (Phi) is 3.42. The van der Waals surface area contributed by atoms with Gasteiger partial charge in [-0.25, -0.2) is 8.78 Å². The molecular formula is C21H17F2N3. The van der Waals surface area contributed by atoms with Crippen molar-refractivity contribution in [2.24, 2.45) is 0 Å². The molecule has 0 saturated carbocycles. The quantitative estimate of drug-likeness (QED) is 0.651. The molecule has 1 unspecified atom stereocenters. The number of allylic oxidation sites excluding steroid dienone is 1. The van der Waals surface area contributed by atoms with Crippen molar-refractivity contribution >= 4 is 16.6 Å². The van der Waals surface area contributed by atoms with Gasteiger partial charge in [-0.2, -0.15) is 0 Å². The molecule has 5 heteroatoms. The molecule has 3 nitrogen and oxygen atoms in total. The fraction of sp³-hybridized carbons (Fsp3) is 0.190. The van der Waals surface area contributed by atoms with Gasteiger partial charge in [0.05, 0.1) is 5.52 Å². The van der Waals surface area contributed by atoms with Gasteiger partial charge in [-0.05, 0) is 48.7 Å². The Morgan fingerprint density at radius 1 is 1.00 bits per heavy atom. The van der Waals surface area contributed by atoms with E-state index in [1.165, 1.54) is 17.8 Å². The molecule has 2 aliphatic rings. The van der Waals surface area contributed by atoms with Crippen molar-refractivity contribution in [2.45, 2.75) is 19.0 Å². The van der Waals surface area contributed by atoms with Crippen LogP contribution in [-0.2, 0) is 0 Å². The summed E-state index contributed by atoms with van der Waals surface area (Å²) >= 11 is 0. The zero-order valence-corrected chi connectivity index (χ0v) is 14.1. The first kappa shape index (κ1) is 15.3. The van der Waals surface area contributed by atoms with Crippen molar-refractivity contribution in [3.8, 4) is 0 Å². The van der Waals surface area contributed by atoms with Gasteiger partial charge in [-0.3, -0.25) is 4.98 Å². The van der Waals surface area contributed by atoms with E-state index in [4.69, 9.17) is 0 Å². The second kappa shape index (κ2) is 5.80. The third-order valence-corrected chi connectivity index (χ3v) is 5.12. The van der Waals surface area contributed by atoms with Gasteiger partial charge in [-0.15, -0.1) is 0 Å². The van der Waals surface area contributed by atoms with Crippen LogP contribution in [0.15, 0.2) is 66.6 Å². The molecule has 1 fully saturated rings. The monoisotopic (exact) mass is 349 g/mol. The summed E-state index contributed by atoms with van der Waals surface area (Å²) in [5, 5.41) is 1.06. The number of hydrogen-bond donors (Lipinski definition) is 0. The summed E-state index contributed by atoms with van der Waals surface area (Å²) in [6, 6.07) is 13.8. The first-order valence-electron chi connectivity index (χ1n) is 8.75. The molecule has 0 bridgehead atoms. The summed E-state index contributed by atoms with van der Waals surface area (Å²) in [4.78, 5) is 8.67. The number of rotatable bonds is 2. The van der Waals surface area contributed by atoms with Gasteiger partial charge in [0.15, 0.2) is 0 Å². The average molecular weight is 349 g/mol. The van der Waals surface area contributed by atoms with Crippen LogP contribution in [0.4, 0.5) is 14.5 Å². The van der Waals surface area contributed by atoms with E-state index in [1.54, 1.807) is 6.20 Å². The Hall–Kier alpha value is -2.95. The predicted molar refractivity (Wildman–Crippen MR) is 97.3 cm³/mol. The molecule has 0 N–H and O–H groups in total. The Bertz CT molecular complexity index is 1010. The van der Waals surface area contributed by atoms with Crippen LogP contribution in [0.5, 0.6) is 0 Å². The molecule has 1 atom stereocenters. The minimum Gasteiger partial charge on any atom is -0.349 e. The van der Waals surface area contributed by atoms with Crippen LogP contribution in [0.1, 0.15) is 24.6 Å². The second-order valence-electron chi connectivity index (χ2n) is 6.78. The van der Waals surface area contributed by atoms with Crippen LogP contribution >= 0.6 is 0 Å². The van der Waals surface area contributed by atoms with E-state index in [0.29, 0.717) is 5.69 Å². The first-order chi connectivity index (χ1) is 12.7. The lowest BCUT2D eigenvalue weighted by Crippen LogP contribution is -2.30. The Morgan fingerprint density at radius 2 is 1.85 bits per heavy atom. The molecule has 0 amide bonds. The van der Waals surface area contributed by atoms with E-state index >= 15 is 0 Å². The van der Waals surface area contributed by atoms with Gasteiger partial charge < -0.3 is 9.80 Å². The Labute approximate surface area is 150 Å². The molecule has 26 heavy (non-hydrogen) atoms. The van der Waals surface area contributed by atoms with Crippen molar-refractivity contribution in [3.63, 3.8) is 0 Å². The van der Waals surface area contributed by atoms with Crippen molar-refractivity contribution in [1.29, 1.82) is 0 Å². The molecule has 0 spiro atoms. The van der Waals surface area contributed by atoms with Gasteiger partial charge in [0.2, 0.25) is 0 Å². The van der Waals surface area contributed by atoms with Crippen LogP contribution < -0.4 is 4.90 Å². The first-order valence-corrected chi connectivity index (χ1v) is 8.75. The molecule has 2 aromatic carbocycles. The second-order valence-corrected chi connectivity index (χ2v) is 6.78. The van der Waals surface area contributed by atoms with Gasteiger partial charge in [0.1, 0.15) is 17.8 Å². The predicted octanol–water partition coefficient (Wildman–Crippen LogP) is 4.97. The summed E-state index contributed by atoms with van der Waals surface area (Å²) in [5.41, 5.74) is 3.77. The minimum absolute atomic E-state index is 0.0988. The normalized spacial score (nSPS) is 19.2. The smallest absolute Gasteiger partial charge is 0.132 e. The number of fused-ring (bicyclic) bond motifs is 2. The highest BCUT2D eigenvalue weighted by atomic mass is 19.1. The van der Waals surface area contributed by atoms with E-state index in [-0.39, 0.29) is 6.17 Å². The summed E-state index contributed by atoms with van der Waals surface area (Å²) < 4.78 is 27.6. The maximum absolute atomic E-state index is 13.8. The van der Waals surface area contributed by atoms with Crippen molar-refractivity contribution in [3.05, 3.63) is 83.8 Å². The lowest BCUT2D eigenvalue weighted by atomic mass is 10.1. The summed E-state index contributed by atoms with van der Waals surface area (Å²) in [7, 11) is 0. The van der Waals surface area contributed by atoms with Gasteiger partial charge in [-0.1, -0.05) is 12.1 Å². The largest absolute Gasteiger partial charge is 0.349 e. The van der Waals surface area contributed by atoms with E-state index in [2.05, 4.69) is 22.0 Å². The van der Waals surface area contributed by atoms with E-state index < -0.39 is 11.6 Å². The molecule has 0 radical (unpaired) electrons. The van der Waals surface area contributed by atoms with Crippen LogP contribution in [0.25, 0.3) is 10.9 Å². The average Bonchev–Trinajstić information content (AvgIpc) is 3.21. The number of anilines is 1. The third kappa shape index (κ3) is 2.43. The van der Waals surface area contributed by atoms with E-state index in [0.717, 1.165) is 41.9 Å². The lowest BCUT2D eigenvalue weighted by molar-refractivity contribution is 0.319. The van der Waals surface area contributed by atoms with Crippen molar-refractivity contribution in [2.75, 3.05) is 11.4 Å². The summed E-state index contributed by atoms with van der Waals surface area (Å²) in [5.74, 6) is -1.13. The number of nitrogens with zero attached hydrogens (tertiary/aromatic N) is 3. The molecule has 0 aliphatic carbocycles. The minimum atomic E-state index is -0.563. The standard InChI is InChI=1S/C21H17F2N3/c22-16-10-17(23)12-19(11-16)26-13-18-4-2-8-25(18)21(26)15-5-6-20-14(9-15)3-1-7-24-20/h1,3,5-7,9-13,21H,2,4,8H2. The Balaban J connectivity index is 1.63. The molecule has 2 aliphatic heterocycles. The number of pyridine rings is 1. The van der Waals surface area contributed by atoms with Crippen LogP contribution in [0.3, 0.4) is 0 Å². The maximum atomic E-state index is 13.8. The highest BCUT2D eigenvalue weighted by molar-refractivity contribution is 5.79. The van der Waals surface area contributed by atoms with E-state index in [9.17, 15) is 8.78 Å². The molecule has 130 valence electrons. The van der Waals surface area contributed by atoms with Crippen LogP contribution in [0.2, 0.25) is 0 Å². The van der Waals surface area contributed by atoms with Crippen LogP contribution in [-0.4, -0.2) is 16.4 Å². The highest BCUT2D eigenvalue weighted by Crippen LogP contribution is 2.43. The molecule has 1 saturated heterocycles. The fourth-order valence-corrected chi connectivity index (χ4v) is 4.02. The summed E-state index contributed by atoms with van der Waals surface area (Å²) in [6.07, 6.45) is 5.79. The van der Waals surface area contributed by atoms with Crippen molar-refractivity contribution < 1.29 is 8.78 Å². The van der Waals surface area contributed by atoms with Gasteiger partial charge in [0.25, 0.3) is 0 Å². The SMILES string of the molecule is Fc1cc(F)cc(N2C=C3CCCN3C2c2ccc3ncccc3c2)c1. The fourth-order valence-electron chi connectivity index (χ4n) is 4.02. The highest BCUT2D eigenvalue weighted by Gasteiger charge is 2.36. The number of halogens is 2. The topological polar surface area (TPSA) is 19.4 Å². The Morgan fingerprint density at radius 3 is 2.69 bits per heavy atom. The molecule has 5 rings (SSSR count). The molecule has 3 heterocycles. The van der Waals surface area contributed by atoms with Crippen LogP contribution in [0, 0.1) is 11.6 Å². The summed E-state index contributed by atoms with van der Waals surface area (Å²) in [6.45, 7) is 0.940. The molecular weight excluding hydrogens is 332 g/mol. The van der Waals surface area contributed by atoms with Gasteiger partial charge in [0, 0.05) is 41.8 Å².